The summed E-state index contributed by atoms with van der Waals surface area (Å²) in [6.07, 6.45) is 22.7. The maximum Gasteiger partial charge on any atom is 0.312 e. The van der Waals surface area contributed by atoms with Gasteiger partial charge < -0.3 is 28.8 Å². The van der Waals surface area contributed by atoms with E-state index in [-0.39, 0.29) is 57.4 Å². The molecule has 0 amide bonds. The summed E-state index contributed by atoms with van der Waals surface area (Å²) < 4.78 is 42.0. The molecule has 0 radical (unpaired) electrons. The summed E-state index contributed by atoms with van der Waals surface area (Å²) in [4.78, 5) is 62.9. The number of rotatable bonds is 32. The van der Waals surface area contributed by atoms with Gasteiger partial charge >= 0.3 is 29.8 Å². The van der Waals surface area contributed by atoms with Crippen LogP contribution in [-0.4, -0.2) is 80.3 Å². The van der Waals surface area contributed by atoms with Gasteiger partial charge in [-0.15, -0.1) is 0 Å². The van der Waals surface area contributed by atoms with Gasteiger partial charge in [-0.25, -0.2) is 4.39 Å². The number of hydrogen-bond acceptors (Lipinski definition) is 11. The van der Waals surface area contributed by atoms with E-state index in [1.807, 2.05) is 12.2 Å². The summed E-state index contributed by atoms with van der Waals surface area (Å²) in [6, 6.07) is 0. The molecule has 12 heteroatoms. The molecule has 56 heavy (non-hydrogen) atoms. The van der Waals surface area contributed by atoms with Gasteiger partial charge in [-0.3, -0.25) is 24.0 Å². The molecule has 3 aliphatic rings. The number of fused-ring (bicyclic) bond motifs is 3. The van der Waals surface area contributed by atoms with Gasteiger partial charge in [0.15, 0.2) is 0 Å². The molecule has 0 aromatic carbocycles. The number of aliphatic hydroxyl groups excluding tert-OH is 1. The third-order valence-electron chi connectivity index (χ3n) is 10.9. The third kappa shape index (κ3) is 20.2. The van der Waals surface area contributed by atoms with Gasteiger partial charge in [-0.05, 0) is 103 Å². The van der Waals surface area contributed by atoms with Crippen LogP contribution in [0.2, 0.25) is 0 Å². The van der Waals surface area contributed by atoms with Crippen LogP contribution in [0.15, 0.2) is 24.3 Å². The first kappa shape index (κ1) is 48.9. The van der Waals surface area contributed by atoms with Crippen LogP contribution in [0, 0.1) is 10.8 Å². The van der Waals surface area contributed by atoms with E-state index in [0.29, 0.717) is 90.3 Å². The largest absolute Gasteiger partial charge is 0.465 e. The molecule has 3 fully saturated rings. The van der Waals surface area contributed by atoms with Crippen LogP contribution in [0.1, 0.15) is 168 Å². The minimum atomic E-state index is -1.42. The van der Waals surface area contributed by atoms with Gasteiger partial charge in [0.2, 0.25) is 0 Å². The van der Waals surface area contributed by atoms with Gasteiger partial charge in [0.25, 0.3) is 0 Å². The molecule has 0 atom stereocenters. The van der Waals surface area contributed by atoms with Crippen molar-refractivity contribution in [1.82, 2.24) is 0 Å². The number of ether oxygens (including phenoxy) is 5. The molecule has 0 heterocycles. The monoisotopic (exact) mass is 794 g/mol. The smallest absolute Gasteiger partial charge is 0.312 e. The summed E-state index contributed by atoms with van der Waals surface area (Å²) >= 11 is 0. The van der Waals surface area contributed by atoms with Crippen LogP contribution >= 0.6 is 0 Å². The number of carbonyl (C=O) groups excluding carboxylic acids is 5. The molecule has 3 rings (SSSR count). The number of allylic oxidation sites excluding steroid dienone is 2. The van der Waals surface area contributed by atoms with E-state index in [9.17, 15) is 33.5 Å². The number of halogens is 1. The maximum absolute atomic E-state index is 14.8. The lowest BCUT2D eigenvalue weighted by molar-refractivity contribution is -0.178. The predicted molar refractivity (Wildman–Crippen MR) is 211 cm³/mol. The zero-order chi connectivity index (χ0) is 41.0. The lowest BCUT2D eigenvalue weighted by Crippen LogP contribution is -2.49. The second-order valence-electron chi connectivity index (χ2n) is 15.9. The highest BCUT2D eigenvalue weighted by Gasteiger charge is 2.54. The number of alkyl halides is 1. The molecule has 0 spiro atoms. The van der Waals surface area contributed by atoms with Gasteiger partial charge in [-0.2, -0.15) is 0 Å². The second kappa shape index (κ2) is 28.2. The van der Waals surface area contributed by atoms with Crippen LogP contribution in [0.3, 0.4) is 0 Å². The molecular formula is C44H71FO11. The first-order chi connectivity index (χ1) is 27.0. The molecule has 0 saturated heterocycles. The fourth-order valence-corrected chi connectivity index (χ4v) is 6.89. The van der Waals surface area contributed by atoms with Crippen molar-refractivity contribution in [2.45, 2.75) is 174 Å². The summed E-state index contributed by atoms with van der Waals surface area (Å²) in [7, 11) is 0. The Morgan fingerprint density at radius 1 is 0.536 bits per heavy atom. The SMILES string of the molecule is CCCCC/C=C\CCOC(=O)CCCCC(=O)OCC(CO)(COC(=O)CCCCC(=O)OCC/C=C\CCCCC)COC(=O)C12CCC(F)(CC1)CC2. The third-order valence-corrected chi connectivity index (χ3v) is 10.9. The Morgan fingerprint density at radius 2 is 0.911 bits per heavy atom. The normalized spacial score (nSPS) is 19.3. The van der Waals surface area contributed by atoms with Crippen molar-refractivity contribution in [3.8, 4) is 0 Å². The number of esters is 5. The van der Waals surface area contributed by atoms with Crippen molar-refractivity contribution in [2.24, 2.45) is 10.8 Å². The highest BCUT2D eigenvalue weighted by Crippen LogP contribution is 2.54. The van der Waals surface area contributed by atoms with Crippen molar-refractivity contribution < 1.29 is 57.2 Å². The molecule has 0 aromatic rings. The van der Waals surface area contributed by atoms with E-state index >= 15 is 0 Å². The summed E-state index contributed by atoms with van der Waals surface area (Å²) in [5, 5.41) is 10.5. The standard InChI is InChI=1S/C44H71FO11/c1-3-5-7-9-11-13-19-31-52-37(47)21-15-17-23-39(49)54-34-42(33-46,36-56-41(51)43-25-28-44(45,29-26-43)30-27-43)35-55-40(50)24-18-16-22-38(48)53-32-20-14-12-10-8-6-4-2/h11-14,46H,3-10,15-36H2,1-2H3/b13-11-,14-12-. The van der Waals surface area contributed by atoms with E-state index in [2.05, 4.69) is 26.0 Å². The maximum atomic E-state index is 14.8. The predicted octanol–water partition coefficient (Wildman–Crippen LogP) is 8.92. The van der Waals surface area contributed by atoms with E-state index in [4.69, 9.17) is 23.7 Å². The lowest BCUT2D eigenvalue weighted by Gasteiger charge is -2.48. The molecule has 320 valence electrons. The van der Waals surface area contributed by atoms with Crippen LogP contribution in [0.25, 0.3) is 0 Å². The average molecular weight is 795 g/mol. The fourth-order valence-electron chi connectivity index (χ4n) is 6.89. The minimum Gasteiger partial charge on any atom is -0.465 e. The van der Waals surface area contributed by atoms with E-state index in [1.54, 1.807) is 0 Å². The lowest BCUT2D eigenvalue weighted by atomic mass is 9.59. The molecule has 3 saturated carbocycles. The number of carbonyl (C=O) groups is 5. The molecule has 3 aliphatic carbocycles. The van der Waals surface area contributed by atoms with E-state index in [1.165, 1.54) is 25.7 Å². The van der Waals surface area contributed by atoms with Gasteiger partial charge in [-0.1, -0.05) is 63.8 Å². The summed E-state index contributed by atoms with van der Waals surface area (Å²) in [6.45, 7) is 3.21. The van der Waals surface area contributed by atoms with Crippen LogP contribution in [-0.2, 0) is 47.7 Å². The number of hydrogen-bond donors (Lipinski definition) is 1. The highest BCUT2D eigenvalue weighted by atomic mass is 19.1. The second-order valence-corrected chi connectivity index (χ2v) is 15.9. The van der Waals surface area contributed by atoms with Crippen LogP contribution < -0.4 is 0 Å². The Kier molecular flexibility index (Phi) is 24.6. The molecule has 0 aliphatic heterocycles. The molecular weight excluding hydrogens is 723 g/mol. The molecule has 0 unspecified atom stereocenters. The Balaban J connectivity index is 1.79. The quantitative estimate of drug-likeness (QED) is 0.0301. The van der Waals surface area contributed by atoms with E-state index in [0.717, 1.165) is 25.7 Å². The average Bonchev–Trinajstić information content (AvgIpc) is 3.20. The van der Waals surface area contributed by atoms with Crippen LogP contribution in [0.5, 0.6) is 0 Å². The molecule has 11 nitrogen and oxygen atoms in total. The summed E-state index contributed by atoms with van der Waals surface area (Å²) in [5.74, 6) is -2.29. The van der Waals surface area contributed by atoms with Crippen molar-refractivity contribution in [3.63, 3.8) is 0 Å². The Bertz CT molecular complexity index is 1140. The van der Waals surface area contributed by atoms with Crippen molar-refractivity contribution >= 4 is 29.8 Å². The zero-order valence-corrected chi connectivity index (χ0v) is 34.4. The van der Waals surface area contributed by atoms with Gasteiger partial charge in [0, 0.05) is 25.7 Å². The van der Waals surface area contributed by atoms with Gasteiger partial charge in [0.1, 0.15) is 25.5 Å². The molecule has 0 aromatic heterocycles. The number of aliphatic hydroxyl groups is 1. The Morgan fingerprint density at radius 3 is 1.30 bits per heavy atom. The fraction of sp³-hybridized carbons (Fsp3) is 0.795. The summed E-state index contributed by atoms with van der Waals surface area (Å²) in [5.41, 5.74) is -3.44. The Hall–Kier alpha value is -3.28. The number of unbranched alkanes of at least 4 members (excludes halogenated alkanes) is 8. The first-order valence-corrected chi connectivity index (χ1v) is 21.4. The van der Waals surface area contributed by atoms with Gasteiger partial charge in [0.05, 0.1) is 30.7 Å². The Labute approximate surface area is 334 Å². The molecule has 1 N–H and O–H groups in total. The highest BCUT2D eigenvalue weighted by molar-refractivity contribution is 5.77. The van der Waals surface area contributed by atoms with Crippen LogP contribution in [0.4, 0.5) is 4.39 Å². The van der Waals surface area contributed by atoms with Crippen molar-refractivity contribution in [1.29, 1.82) is 0 Å². The topological polar surface area (TPSA) is 152 Å². The van der Waals surface area contributed by atoms with Crippen molar-refractivity contribution in [3.05, 3.63) is 24.3 Å². The molecule has 2 bridgehead atoms. The minimum absolute atomic E-state index is 0.0150. The first-order valence-electron chi connectivity index (χ1n) is 21.4. The zero-order valence-electron chi connectivity index (χ0n) is 34.4. The van der Waals surface area contributed by atoms with E-state index < -0.39 is 41.0 Å². The van der Waals surface area contributed by atoms with Crippen molar-refractivity contribution in [2.75, 3.05) is 39.6 Å².